The highest BCUT2D eigenvalue weighted by molar-refractivity contribution is 5.86. The number of nitrogens with zero attached hydrogens (tertiary/aromatic N) is 4. The van der Waals surface area contributed by atoms with Gasteiger partial charge in [-0.05, 0) is 68.1 Å². The van der Waals surface area contributed by atoms with Crippen LogP contribution in [-0.4, -0.2) is 46.6 Å². The first-order chi connectivity index (χ1) is 20.0. The number of fused-ring (bicyclic) bond motifs is 1. The zero-order valence-electron chi connectivity index (χ0n) is 24.3. The van der Waals surface area contributed by atoms with Gasteiger partial charge in [0.1, 0.15) is 11.5 Å². The third-order valence-electron chi connectivity index (χ3n) is 6.63. The normalized spacial score (nSPS) is 12.1. The predicted octanol–water partition coefficient (Wildman–Crippen LogP) is 5.62. The van der Waals surface area contributed by atoms with E-state index < -0.39 is 22.6 Å². The first-order valence-electron chi connectivity index (χ1n) is 13.4. The minimum Gasteiger partial charge on any atom is -0.494 e. The quantitative estimate of drug-likeness (QED) is 0.103. The van der Waals surface area contributed by atoms with E-state index in [9.17, 15) is 19.7 Å². The molecule has 0 fully saturated rings. The molecule has 3 aromatic carbocycles. The molecule has 42 heavy (non-hydrogen) atoms. The number of carbonyl (C=O) groups excluding carboxylic acids is 1. The van der Waals surface area contributed by atoms with E-state index in [1.807, 2.05) is 26.0 Å². The largest absolute Gasteiger partial charge is 0.494 e. The summed E-state index contributed by atoms with van der Waals surface area (Å²) in [5.74, 6) is 0.681. The smallest absolute Gasteiger partial charge is 0.346 e. The maximum absolute atomic E-state index is 13.8. The Balaban J connectivity index is 1.95. The highest BCUT2D eigenvalue weighted by Gasteiger charge is 2.21. The summed E-state index contributed by atoms with van der Waals surface area (Å²) in [6.07, 6.45) is 0.284. The molecule has 0 amide bonds. The minimum atomic E-state index is -0.995. The molecule has 1 atom stereocenters. The van der Waals surface area contributed by atoms with Gasteiger partial charge in [0, 0.05) is 23.3 Å². The van der Waals surface area contributed by atoms with Crippen molar-refractivity contribution in [1.29, 1.82) is 0 Å². The average molecular weight is 573 g/mol. The predicted molar refractivity (Wildman–Crippen MR) is 160 cm³/mol. The lowest BCUT2D eigenvalue weighted by molar-refractivity contribution is -0.384. The number of non-ortho nitro benzene ring substituents is 1. The van der Waals surface area contributed by atoms with Gasteiger partial charge in [0.2, 0.25) is 0 Å². The molecule has 0 aliphatic carbocycles. The van der Waals surface area contributed by atoms with Crippen LogP contribution in [0.15, 0.2) is 64.5 Å². The molecule has 0 aliphatic rings. The minimum absolute atomic E-state index is 0.122. The van der Waals surface area contributed by atoms with Gasteiger partial charge in [0.15, 0.2) is 11.9 Å². The van der Waals surface area contributed by atoms with Gasteiger partial charge >= 0.3 is 5.97 Å². The first kappa shape index (κ1) is 29.9. The molecule has 1 heterocycles. The lowest BCUT2D eigenvalue weighted by Gasteiger charge is -2.18. The van der Waals surface area contributed by atoms with Crippen molar-refractivity contribution in [1.82, 2.24) is 9.66 Å². The lowest BCUT2D eigenvalue weighted by atomic mass is 9.96. The monoisotopic (exact) mass is 572 g/mol. The highest BCUT2D eigenvalue weighted by atomic mass is 16.6. The molecule has 4 rings (SSSR count). The van der Waals surface area contributed by atoms with Gasteiger partial charge in [-0.3, -0.25) is 14.9 Å². The van der Waals surface area contributed by atoms with Crippen LogP contribution in [0.25, 0.3) is 22.3 Å². The molecule has 0 bridgehead atoms. The Hall–Kier alpha value is -5.06. The number of aryl methyl sites for hydroxylation is 1. The van der Waals surface area contributed by atoms with Gasteiger partial charge < -0.3 is 14.2 Å². The van der Waals surface area contributed by atoms with Crippen molar-refractivity contribution in [2.24, 2.45) is 5.10 Å². The Morgan fingerprint density at radius 1 is 1.12 bits per heavy atom. The van der Waals surface area contributed by atoms with Gasteiger partial charge in [-0.2, -0.15) is 9.78 Å². The maximum atomic E-state index is 13.8. The van der Waals surface area contributed by atoms with Crippen LogP contribution in [0, 0.1) is 17.0 Å². The Morgan fingerprint density at radius 3 is 2.52 bits per heavy atom. The molecule has 0 aliphatic heterocycles. The van der Waals surface area contributed by atoms with E-state index in [-0.39, 0.29) is 28.7 Å². The fraction of sp³-hybridized carbons (Fsp3) is 0.290. The number of hydrogen-bond donors (Lipinski definition) is 0. The van der Waals surface area contributed by atoms with Crippen molar-refractivity contribution >= 4 is 28.8 Å². The standard InChI is InChI=1S/C31H32N4O7/c1-7-41-28-14-19(4)25(16-24(28)18(2)3)29-33-26-11-9-8-10-23(26)30(36)34(29)32-17-21-15-22(35(38)39)12-13-27(21)42-20(5)31(37)40-6/h8-18,20H,7H2,1-6H3/t20-/m1/s1. The number of esters is 1. The summed E-state index contributed by atoms with van der Waals surface area (Å²) in [4.78, 5) is 41.5. The second kappa shape index (κ2) is 12.6. The van der Waals surface area contributed by atoms with Gasteiger partial charge in [-0.1, -0.05) is 26.0 Å². The fourth-order valence-corrected chi connectivity index (χ4v) is 4.46. The zero-order chi connectivity index (χ0) is 30.6. The van der Waals surface area contributed by atoms with Gasteiger partial charge in [-0.15, -0.1) is 0 Å². The van der Waals surface area contributed by atoms with E-state index in [2.05, 4.69) is 18.9 Å². The van der Waals surface area contributed by atoms with E-state index in [1.165, 1.54) is 43.1 Å². The summed E-state index contributed by atoms with van der Waals surface area (Å²) in [7, 11) is 1.23. The molecule has 0 unspecified atom stereocenters. The average Bonchev–Trinajstić information content (AvgIpc) is 2.96. The number of para-hydroxylation sites is 1. The van der Waals surface area contributed by atoms with E-state index in [0.717, 1.165) is 16.9 Å². The molecule has 0 N–H and O–H groups in total. The van der Waals surface area contributed by atoms with Crippen LogP contribution in [0.3, 0.4) is 0 Å². The molecular formula is C31H32N4O7. The third kappa shape index (κ3) is 6.14. The fourth-order valence-electron chi connectivity index (χ4n) is 4.46. The molecule has 0 spiro atoms. The Morgan fingerprint density at radius 2 is 1.86 bits per heavy atom. The summed E-state index contributed by atoms with van der Waals surface area (Å²) in [5, 5.41) is 16.3. The van der Waals surface area contributed by atoms with Crippen molar-refractivity contribution in [3.8, 4) is 22.9 Å². The number of hydrogen-bond acceptors (Lipinski definition) is 9. The number of benzene rings is 3. The number of rotatable bonds is 10. The number of nitro benzene ring substituents is 1. The maximum Gasteiger partial charge on any atom is 0.346 e. The number of carbonyl (C=O) groups is 1. The number of aromatic nitrogens is 2. The highest BCUT2D eigenvalue weighted by Crippen LogP contribution is 2.34. The van der Waals surface area contributed by atoms with Crippen LogP contribution in [0.1, 0.15) is 50.3 Å². The topological polar surface area (TPSA) is 135 Å². The van der Waals surface area contributed by atoms with Crippen LogP contribution in [0.4, 0.5) is 5.69 Å². The number of nitro groups is 1. The van der Waals surface area contributed by atoms with Crippen LogP contribution >= 0.6 is 0 Å². The van der Waals surface area contributed by atoms with Crippen LogP contribution < -0.4 is 15.0 Å². The molecule has 0 saturated heterocycles. The second-order valence-corrected chi connectivity index (χ2v) is 9.87. The SMILES string of the molecule is CCOc1cc(C)c(-c2nc3ccccc3c(=O)n2N=Cc2cc([N+](=O)[O-])ccc2O[C@H](C)C(=O)OC)cc1C(C)C. The zero-order valence-corrected chi connectivity index (χ0v) is 24.3. The summed E-state index contributed by atoms with van der Waals surface area (Å²) >= 11 is 0. The third-order valence-corrected chi connectivity index (χ3v) is 6.63. The van der Waals surface area contributed by atoms with E-state index >= 15 is 0 Å². The van der Waals surface area contributed by atoms with Crippen molar-refractivity contribution in [2.45, 2.75) is 46.6 Å². The van der Waals surface area contributed by atoms with Crippen molar-refractivity contribution < 1.29 is 23.9 Å². The Kier molecular flexibility index (Phi) is 8.99. The Labute approximate surface area is 242 Å². The molecule has 0 radical (unpaired) electrons. The van der Waals surface area contributed by atoms with Crippen LogP contribution in [0.5, 0.6) is 11.5 Å². The van der Waals surface area contributed by atoms with E-state index in [4.69, 9.17) is 19.2 Å². The summed E-state index contributed by atoms with van der Waals surface area (Å²) < 4.78 is 17.5. The summed E-state index contributed by atoms with van der Waals surface area (Å²) in [6, 6.07) is 14.7. The number of ether oxygens (including phenoxy) is 3. The van der Waals surface area contributed by atoms with Crippen molar-refractivity contribution in [2.75, 3.05) is 13.7 Å². The van der Waals surface area contributed by atoms with Crippen molar-refractivity contribution in [3.63, 3.8) is 0 Å². The molecule has 4 aromatic rings. The molecule has 11 nitrogen and oxygen atoms in total. The van der Waals surface area contributed by atoms with Crippen LogP contribution in [0.2, 0.25) is 0 Å². The summed E-state index contributed by atoms with van der Waals surface area (Å²) in [6.45, 7) is 9.92. The van der Waals surface area contributed by atoms with E-state index in [0.29, 0.717) is 23.1 Å². The van der Waals surface area contributed by atoms with Crippen LogP contribution in [-0.2, 0) is 9.53 Å². The van der Waals surface area contributed by atoms with Gasteiger partial charge in [0.05, 0.1) is 35.8 Å². The molecule has 11 heteroatoms. The number of methoxy groups -OCH3 is 1. The molecule has 1 aromatic heterocycles. The molecular weight excluding hydrogens is 540 g/mol. The second-order valence-electron chi connectivity index (χ2n) is 9.87. The van der Waals surface area contributed by atoms with E-state index in [1.54, 1.807) is 24.3 Å². The van der Waals surface area contributed by atoms with Gasteiger partial charge in [-0.25, -0.2) is 9.78 Å². The Bertz CT molecular complexity index is 1740. The molecule has 0 saturated carbocycles. The van der Waals surface area contributed by atoms with Crippen molar-refractivity contribution in [3.05, 3.63) is 91.8 Å². The summed E-state index contributed by atoms with van der Waals surface area (Å²) in [5.41, 5.74) is 2.47. The van der Waals surface area contributed by atoms with Gasteiger partial charge in [0.25, 0.3) is 11.2 Å². The molecule has 218 valence electrons. The first-order valence-corrected chi connectivity index (χ1v) is 13.4. The lowest BCUT2D eigenvalue weighted by Crippen LogP contribution is -2.25.